The summed E-state index contributed by atoms with van der Waals surface area (Å²) in [6.45, 7) is 2.00. The monoisotopic (exact) mass is 315 g/mol. The molecule has 5 heteroatoms. The van der Waals surface area contributed by atoms with Crippen molar-refractivity contribution in [1.29, 1.82) is 0 Å². The summed E-state index contributed by atoms with van der Waals surface area (Å²) in [5.74, 6) is -0.999. The van der Waals surface area contributed by atoms with Crippen molar-refractivity contribution in [3.05, 3.63) is 70.2 Å². The summed E-state index contributed by atoms with van der Waals surface area (Å²) in [5, 5.41) is 0.659. The first-order valence-electron chi connectivity index (χ1n) is 6.90. The van der Waals surface area contributed by atoms with E-state index >= 15 is 0 Å². The molecule has 22 heavy (non-hydrogen) atoms. The molecule has 0 spiro atoms. The van der Waals surface area contributed by atoms with Gasteiger partial charge in [-0.25, -0.2) is 0 Å². The van der Waals surface area contributed by atoms with Gasteiger partial charge >= 0.3 is 0 Å². The van der Waals surface area contributed by atoms with E-state index in [2.05, 4.69) is 4.99 Å². The number of nitrogens with two attached hydrogens (primary N) is 2. The highest BCUT2D eigenvalue weighted by atomic mass is 35.5. The highest BCUT2D eigenvalue weighted by Crippen LogP contribution is 2.24. The summed E-state index contributed by atoms with van der Waals surface area (Å²) in [6, 6.07) is 15.2. The van der Waals surface area contributed by atoms with Gasteiger partial charge in [0, 0.05) is 5.02 Å². The van der Waals surface area contributed by atoms with Crippen molar-refractivity contribution < 1.29 is 4.79 Å². The zero-order chi connectivity index (χ0) is 16.1. The average molecular weight is 316 g/mol. The van der Waals surface area contributed by atoms with Gasteiger partial charge in [-0.3, -0.25) is 4.79 Å². The Kier molecular flexibility index (Phi) is 5.17. The SMILES string of the molecule is Cc1ccc([C@@H](Cc2ccc(Cl)cc2)C(=O)N=C(N)N)cc1. The molecule has 0 aromatic heterocycles. The van der Waals surface area contributed by atoms with Crippen LogP contribution in [0.1, 0.15) is 22.6 Å². The Bertz CT molecular complexity index is 674. The Hall–Kier alpha value is -2.33. The van der Waals surface area contributed by atoms with E-state index in [9.17, 15) is 4.79 Å². The number of halogens is 1. The fourth-order valence-electron chi connectivity index (χ4n) is 2.21. The molecule has 0 aliphatic heterocycles. The first-order valence-corrected chi connectivity index (χ1v) is 7.28. The largest absolute Gasteiger partial charge is 0.370 e. The molecule has 2 aromatic rings. The zero-order valence-electron chi connectivity index (χ0n) is 12.3. The van der Waals surface area contributed by atoms with Crippen molar-refractivity contribution in [2.45, 2.75) is 19.3 Å². The second-order valence-corrected chi connectivity index (χ2v) is 5.61. The second kappa shape index (κ2) is 7.09. The Morgan fingerprint density at radius 1 is 1.09 bits per heavy atom. The summed E-state index contributed by atoms with van der Waals surface area (Å²) in [5.41, 5.74) is 13.7. The predicted molar refractivity (Wildman–Crippen MR) is 89.9 cm³/mol. The lowest BCUT2D eigenvalue weighted by Crippen LogP contribution is -2.26. The number of carbonyl (C=O) groups is 1. The molecule has 0 bridgehead atoms. The van der Waals surface area contributed by atoms with Crippen LogP contribution in [0.25, 0.3) is 0 Å². The van der Waals surface area contributed by atoms with E-state index in [1.807, 2.05) is 43.3 Å². The number of aryl methyl sites for hydroxylation is 1. The van der Waals surface area contributed by atoms with Crippen LogP contribution in [-0.2, 0) is 11.2 Å². The molecular weight excluding hydrogens is 298 g/mol. The third-order valence-corrected chi connectivity index (χ3v) is 3.62. The molecule has 0 unspecified atom stereocenters. The molecule has 1 amide bonds. The number of hydrogen-bond acceptors (Lipinski definition) is 1. The number of benzene rings is 2. The second-order valence-electron chi connectivity index (χ2n) is 5.17. The molecular formula is C17H18ClN3O. The number of amides is 1. The molecule has 0 heterocycles. The smallest absolute Gasteiger partial charge is 0.256 e. The highest BCUT2D eigenvalue weighted by Gasteiger charge is 2.21. The van der Waals surface area contributed by atoms with Gasteiger partial charge in [0.05, 0.1) is 5.92 Å². The number of guanidine groups is 1. The summed E-state index contributed by atoms with van der Waals surface area (Å²) >= 11 is 5.89. The van der Waals surface area contributed by atoms with Gasteiger partial charge in [-0.1, -0.05) is 53.6 Å². The van der Waals surface area contributed by atoms with Crippen molar-refractivity contribution in [3.63, 3.8) is 0 Å². The van der Waals surface area contributed by atoms with Crippen LogP contribution in [0, 0.1) is 6.92 Å². The lowest BCUT2D eigenvalue weighted by Gasteiger charge is -2.14. The maximum Gasteiger partial charge on any atom is 0.256 e. The highest BCUT2D eigenvalue weighted by molar-refractivity contribution is 6.30. The van der Waals surface area contributed by atoms with Gasteiger partial charge in [0.15, 0.2) is 5.96 Å². The number of hydrogen-bond donors (Lipinski definition) is 2. The van der Waals surface area contributed by atoms with E-state index in [1.165, 1.54) is 0 Å². The van der Waals surface area contributed by atoms with Gasteiger partial charge in [-0.05, 0) is 36.6 Å². The number of nitrogens with zero attached hydrogens (tertiary/aromatic N) is 1. The van der Waals surface area contributed by atoms with Gasteiger partial charge in [0.1, 0.15) is 0 Å². The zero-order valence-corrected chi connectivity index (χ0v) is 13.0. The van der Waals surface area contributed by atoms with E-state index in [0.717, 1.165) is 16.7 Å². The first kappa shape index (κ1) is 16.0. The molecule has 2 rings (SSSR count). The van der Waals surface area contributed by atoms with Crippen LogP contribution in [0.5, 0.6) is 0 Å². The maximum atomic E-state index is 12.3. The van der Waals surface area contributed by atoms with Crippen molar-refractivity contribution in [1.82, 2.24) is 0 Å². The standard InChI is InChI=1S/C17H18ClN3O/c1-11-2-6-13(7-3-11)15(16(22)21-17(19)20)10-12-4-8-14(18)9-5-12/h2-9,15H,10H2,1H3,(H4,19,20,21,22)/t15-/m1/s1. The third-order valence-electron chi connectivity index (χ3n) is 3.37. The third kappa shape index (κ3) is 4.33. The van der Waals surface area contributed by atoms with E-state index in [0.29, 0.717) is 11.4 Å². The Balaban J connectivity index is 2.32. The Morgan fingerprint density at radius 3 is 2.23 bits per heavy atom. The topological polar surface area (TPSA) is 81.5 Å². The van der Waals surface area contributed by atoms with Crippen molar-refractivity contribution in [2.24, 2.45) is 16.5 Å². The molecule has 4 N–H and O–H groups in total. The fraction of sp³-hybridized carbons (Fsp3) is 0.176. The first-order chi connectivity index (χ1) is 10.5. The minimum Gasteiger partial charge on any atom is -0.370 e. The minimum absolute atomic E-state index is 0.224. The molecule has 0 fully saturated rings. The fourth-order valence-corrected chi connectivity index (χ4v) is 2.33. The van der Waals surface area contributed by atoms with Crippen LogP contribution in [0.4, 0.5) is 0 Å². The van der Waals surface area contributed by atoms with Crippen LogP contribution in [0.3, 0.4) is 0 Å². The van der Waals surface area contributed by atoms with Crippen LogP contribution in [0.2, 0.25) is 5.02 Å². The number of carbonyl (C=O) groups excluding carboxylic acids is 1. The summed E-state index contributed by atoms with van der Waals surface area (Å²) in [7, 11) is 0. The normalized spacial score (nSPS) is 11.7. The van der Waals surface area contributed by atoms with Gasteiger partial charge in [0.25, 0.3) is 5.91 Å². The van der Waals surface area contributed by atoms with Crippen molar-refractivity contribution >= 4 is 23.5 Å². The lowest BCUT2D eigenvalue weighted by atomic mass is 9.91. The van der Waals surface area contributed by atoms with Crippen molar-refractivity contribution in [2.75, 3.05) is 0 Å². The molecule has 4 nitrogen and oxygen atoms in total. The van der Waals surface area contributed by atoms with Gasteiger partial charge in [-0.2, -0.15) is 4.99 Å². The van der Waals surface area contributed by atoms with E-state index in [1.54, 1.807) is 12.1 Å². The minimum atomic E-state index is -0.427. The molecule has 2 aromatic carbocycles. The van der Waals surface area contributed by atoms with Crippen molar-refractivity contribution in [3.8, 4) is 0 Å². The Labute approximate surface area is 134 Å². The van der Waals surface area contributed by atoms with Crippen LogP contribution < -0.4 is 11.5 Å². The van der Waals surface area contributed by atoms with Crippen LogP contribution >= 0.6 is 11.6 Å². The summed E-state index contributed by atoms with van der Waals surface area (Å²) < 4.78 is 0. The van der Waals surface area contributed by atoms with Gasteiger partial charge < -0.3 is 11.5 Å². The van der Waals surface area contributed by atoms with E-state index < -0.39 is 5.92 Å². The molecule has 0 aliphatic carbocycles. The van der Waals surface area contributed by atoms with Gasteiger partial charge in [-0.15, -0.1) is 0 Å². The molecule has 1 atom stereocenters. The molecule has 0 radical (unpaired) electrons. The number of rotatable bonds is 4. The Morgan fingerprint density at radius 2 is 1.68 bits per heavy atom. The maximum absolute atomic E-state index is 12.3. The van der Waals surface area contributed by atoms with Gasteiger partial charge in [0.2, 0.25) is 0 Å². The van der Waals surface area contributed by atoms with Crippen LogP contribution in [-0.4, -0.2) is 11.9 Å². The van der Waals surface area contributed by atoms with Crippen LogP contribution in [0.15, 0.2) is 53.5 Å². The van der Waals surface area contributed by atoms with E-state index in [4.69, 9.17) is 23.1 Å². The average Bonchev–Trinajstić information content (AvgIpc) is 2.47. The lowest BCUT2D eigenvalue weighted by molar-refractivity contribution is -0.119. The summed E-state index contributed by atoms with van der Waals surface area (Å²) in [4.78, 5) is 16.0. The molecule has 114 valence electrons. The number of aliphatic imine (C=N–C) groups is 1. The predicted octanol–water partition coefficient (Wildman–Crippen LogP) is 2.77. The molecule has 0 aliphatic rings. The molecule has 0 saturated carbocycles. The quantitative estimate of drug-likeness (QED) is 0.672. The van der Waals surface area contributed by atoms with E-state index in [-0.39, 0.29) is 11.9 Å². The summed E-state index contributed by atoms with van der Waals surface area (Å²) in [6.07, 6.45) is 0.510. The molecule has 0 saturated heterocycles.